The van der Waals surface area contributed by atoms with Crippen LogP contribution in [-0.2, 0) is 14.8 Å². The van der Waals surface area contributed by atoms with Gasteiger partial charge in [0.15, 0.2) is 0 Å². The van der Waals surface area contributed by atoms with Gasteiger partial charge in [0.2, 0.25) is 15.9 Å². The number of benzene rings is 1. The van der Waals surface area contributed by atoms with E-state index in [0.29, 0.717) is 18.7 Å². The standard InChI is InChI=1S/C13H21N3O3S/c1-4-13(3,14)12(17)16-10-6-8-11(9-7-10)20(18,19)15-5-2/h6-9,15H,4-5,14H2,1-3H3,(H,16,17). The summed E-state index contributed by atoms with van der Waals surface area (Å²) in [7, 11) is -3.48. The molecule has 0 fully saturated rings. The van der Waals surface area contributed by atoms with E-state index in [2.05, 4.69) is 10.0 Å². The van der Waals surface area contributed by atoms with Crippen LogP contribution in [0.5, 0.6) is 0 Å². The third-order valence-corrected chi connectivity index (χ3v) is 4.57. The summed E-state index contributed by atoms with van der Waals surface area (Å²) in [6.07, 6.45) is 0.506. The monoisotopic (exact) mass is 299 g/mol. The van der Waals surface area contributed by atoms with E-state index in [1.165, 1.54) is 24.3 Å². The van der Waals surface area contributed by atoms with Crippen LogP contribution in [0.3, 0.4) is 0 Å². The van der Waals surface area contributed by atoms with Crippen molar-refractivity contribution >= 4 is 21.6 Å². The lowest BCUT2D eigenvalue weighted by Gasteiger charge is -2.21. The van der Waals surface area contributed by atoms with Gasteiger partial charge in [-0.05, 0) is 37.6 Å². The second-order valence-corrected chi connectivity index (χ2v) is 6.52. The maximum atomic E-state index is 11.9. The largest absolute Gasteiger partial charge is 0.325 e. The number of sulfonamides is 1. The minimum atomic E-state index is -3.48. The third-order valence-electron chi connectivity index (χ3n) is 3.01. The Hall–Kier alpha value is -1.44. The maximum Gasteiger partial charge on any atom is 0.244 e. The van der Waals surface area contributed by atoms with Gasteiger partial charge < -0.3 is 11.1 Å². The van der Waals surface area contributed by atoms with Crippen LogP contribution in [-0.4, -0.2) is 26.4 Å². The smallest absolute Gasteiger partial charge is 0.244 e. The van der Waals surface area contributed by atoms with Crippen LogP contribution in [0.2, 0.25) is 0 Å². The van der Waals surface area contributed by atoms with Gasteiger partial charge in [-0.25, -0.2) is 13.1 Å². The van der Waals surface area contributed by atoms with E-state index in [9.17, 15) is 13.2 Å². The molecule has 4 N–H and O–H groups in total. The number of hydrogen-bond donors (Lipinski definition) is 3. The lowest BCUT2D eigenvalue weighted by Crippen LogP contribution is -2.47. The van der Waals surface area contributed by atoms with Crippen molar-refractivity contribution in [2.45, 2.75) is 37.6 Å². The molecule has 1 aromatic rings. The van der Waals surface area contributed by atoms with Gasteiger partial charge in [0.1, 0.15) is 0 Å². The summed E-state index contributed by atoms with van der Waals surface area (Å²) in [5.41, 5.74) is 5.39. The van der Waals surface area contributed by atoms with Crippen molar-refractivity contribution < 1.29 is 13.2 Å². The summed E-state index contributed by atoms with van der Waals surface area (Å²) in [4.78, 5) is 12.0. The van der Waals surface area contributed by atoms with E-state index in [1.807, 2.05) is 6.92 Å². The molecule has 0 aromatic heterocycles. The first kappa shape index (κ1) is 16.6. The van der Waals surface area contributed by atoms with Crippen molar-refractivity contribution in [1.29, 1.82) is 0 Å². The van der Waals surface area contributed by atoms with Gasteiger partial charge in [0.05, 0.1) is 10.4 Å². The molecule has 0 saturated heterocycles. The summed E-state index contributed by atoms with van der Waals surface area (Å²) < 4.78 is 25.9. The molecule has 20 heavy (non-hydrogen) atoms. The van der Waals surface area contributed by atoms with Crippen LogP contribution in [0.15, 0.2) is 29.2 Å². The predicted octanol–water partition coefficient (Wildman–Crippen LogP) is 1.05. The molecule has 7 heteroatoms. The molecule has 1 amide bonds. The average Bonchev–Trinajstić information content (AvgIpc) is 2.39. The highest BCUT2D eigenvalue weighted by molar-refractivity contribution is 7.89. The molecule has 0 spiro atoms. The number of nitrogens with one attached hydrogen (secondary N) is 2. The first-order valence-electron chi connectivity index (χ1n) is 6.43. The van der Waals surface area contributed by atoms with Gasteiger partial charge in [-0.2, -0.15) is 0 Å². The molecular weight excluding hydrogens is 278 g/mol. The number of anilines is 1. The van der Waals surface area contributed by atoms with Crippen LogP contribution < -0.4 is 15.8 Å². The van der Waals surface area contributed by atoms with Gasteiger partial charge >= 0.3 is 0 Å². The maximum absolute atomic E-state index is 11.9. The van der Waals surface area contributed by atoms with Crippen LogP contribution in [0.4, 0.5) is 5.69 Å². The zero-order chi connectivity index (χ0) is 15.4. The molecule has 0 saturated carbocycles. The Bertz CT molecular complexity index is 565. The van der Waals surface area contributed by atoms with Crippen LogP contribution in [0.25, 0.3) is 0 Å². The molecule has 1 atom stereocenters. The first-order chi connectivity index (χ1) is 9.23. The topological polar surface area (TPSA) is 101 Å². The molecule has 0 heterocycles. The summed E-state index contributed by atoms with van der Waals surface area (Å²) in [5, 5.41) is 2.66. The van der Waals surface area contributed by atoms with E-state index in [4.69, 9.17) is 5.73 Å². The molecule has 1 aromatic carbocycles. The minimum absolute atomic E-state index is 0.156. The molecule has 0 radical (unpaired) electrons. The van der Waals surface area contributed by atoms with Gasteiger partial charge in [0.25, 0.3) is 0 Å². The van der Waals surface area contributed by atoms with Gasteiger partial charge in [-0.3, -0.25) is 4.79 Å². The summed E-state index contributed by atoms with van der Waals surface area (Å²) in [6.45, 7) is 5.50. The first-order valence-corrected chi connectivity index (χ1v) is 7.91. The highest BCUT2D eigenvalue weighted by atomic mass is 32.2. The second kappa shape index (κ2) is 6.34. The van der Waals surface area contributed by atoms with Crippen molar-refractivity contribution in [3.05, 3.63) is 24.3 Å². The van der Waals surface area contributed by atoms with Crippen molar-refractivity contribution in [3.8, 4) is 0 Å². The van der Waals surface area contributed by atoms with Gasteiger partial charge in [0, 0.05) is 12.2 Å². The third kappa shape index (κ3) is 4.03. The molecule has 0 aliphatic carbocycles. The highest BCUT2D eigenvalue weighted by Gasteiger charge is 2.25. The Morgan fingerprint density at radius 3 is 2.25 bits per heavy atom. The number of carbonyl (C=O) groups excluding carboxylic acids is 1. The number of amides is 1. The van der Waals surface area contributed by atoms with Crippen molar-refractivity contribution in [3.63, 3.8) is 0 Å². The minimum Gasteiger partial charge on any atom is -0.325 e. The Kier molecular flexibility index (Phi) is 5.27. The SMILES string of the molecule is CCNS(=O)(=O)c1ccc(NC(=O)C(C)(N)CC)cc1. The lowest BCUT2D eigenvalue weighted by atomic mass is 9.99. The number of carbonyl (C=O) groups is 1. The number of hydrogen-bond acceptors (Lipinski definition) is 4. The zero-order valence-corrected chi connectivity index (χ0v) is 12.8. The second-order valence-electron chi connectivity index (χ2n) is 4.75. The molecule has 0 bridgehead atoms. The van der Waals surface area contributed by atoms with E-state index < -0.39 is 15.6 Å². The average molecular weight is 299 g/mol. The van der Waals surface area contributed by atoms with Gasteiger partial charge in [-0.15, -0.1) is 0 Å². The van der Waals surface area contributed by atoms with Gasteiger partial charge in [-0.1, -0.05) is 13.8 Å². The number of nitrogens with two attached hydrogens (primary N) is 1. The Morgan fingerprint density at radius 2 is 1.80 bits per heavy atom. The summed E-state index contributed by atoms with van der Waals surface area (Å²) >= 11 is 0. The molecule has 1 unspecified atom stereocenters. The quantitative estimate of drug-likeness (QED) is 0.730. The molecule has 0 aliphatic rings. The molecule has 112 valence electrons. The van der Waals surface area contributed by atoms with Crippen LogP contribution in [0.1, 0.15) is 27.2 Å². The predicted molar refractivity (Wildman–Crippen MR) is 78.8 cm³/mol. The Labute approximate surface area is 119 Å². The zero-order valence-electron chi connectivity index (χ0n) is 11.9. The van der Waals surface area contributed by atoms with Crippen molar-refractivity contribution in [1.82, 2.24) is 4.72 Å². The van der Waals surface area contributed by atoms with E-state index in [-0.39, 0.29) is 10.8 Å². The highest BCUT2D eigenvalue weighted by Crippen LogP contribution is 2.16. The number of rotatable bonds is 6. The summed E-state index contributed by atoms with van der Waals surface area (Å²) in [6, 6.07) is 5.95. The van der Waals surface area contributed by atoms with E-state index >= 15 is 0 Å². The van der Waals surface area contributed by atoms with Crippen LogP contribution in [0, 0.1) is 0 Å². The van der Waals surface area contributed by atoms with E-state index in [1.54, 1.807) is 13.8 Å². The molecule has 1 rings (SSSR count). The normalized spacial score (nSPS) is 14.6. The summed E-state index contributed by atoms with van der Waals surface area (Å²) in [5.74, 6) is -0.303. The Morgan fingerprint density at radius 1 is 1.25 bits per heavy atom. The molecule has 6 nitrogen and oxygen atoms in total. The lowest BCUT2D eigenvalue weighted by molar-refractivity contribution is -0.120. The van der Waals surface area contributed by atoms with Crippen LogP contribution >= 0.6 is 0 Å². The fourth-order valence-electron chi connectivity index (χ4n) is 1.43. The Balaban J connectivity index is 2.86. The van der Waals surface area contributed by atoms with Crippen molar-refractivity contribution in [2.24, 2.45) is 5.73 Å². The molecular formula is C13H21N3O3S. The fourth-order valence-corrected chi connectivity index (χ4v) is 2.47. The van der Waals surface area contributed by atoms with E-state index in [0.717, 1.165) is 0 Å². The van der Waals surface area contributed by atoms with Crippen molar-refractivity contribution in [2.75, 3.05) is 11.9 Å². The fraction of sp³-hybridized carbons (Fsp3) is 0.462. The molecule has 0 aliphatic heterocycles.